The van der Waals surface area contributed by atoms with E-state index in [4.69, 9.17) is 4.42 Å². The minimum absolute atomic E-state index is 0.912. The summed E-state index contributed by atoms with van der Waals surface area (Å²) in [6.07, 6.45) is 0. The van der Waals surface area contributed by atoms with E-state index in [1.807, 2.05) is 0 Å². The molecular formula is C42H24O. The summed E-state index contributed by atoms with van der Waals surface area (Å²) in [6, 6.07) is 53.1. The maximum absolute atomic E-state index is 6.45. The normalized spacial score (nSPS) is 12.2. The lowest BCUT2D eigenvalue weighted by molar-refractivity contribution is 0.669. The summed E-state index contributed by atoms with van der Waals surface area (Å²) in [7, 11) is 0. The van der Waals surface area contributed by atoms with Gasteiger partial charge in [-0.25, -0.2) is 0 Å². The zero-order valence-electron chi connectivity index (χ0n) is 23.3. The molecule has 0 radical (unpaired) electrons. The first-order valence-electron chi connectivity index (χ1n) is 14.8. The highest BCUT2D eigenvalue weighted by Gasteiger charge is 2.22. The molecule has 8 aromatic carbocycles. The van der Waals surface area contributed by atoms with E-state index in [0.717, 1.165) is 21.9 Å². The van der Waals surface area contributed by atoms with Crippen molar-refractivity contribution >= 4 is 54.3 Å². The van der Waals surface area contributed by atoms with Gasteiger partial charge in [-0.15, -0.1) is 0 Å². The van der Waals surface area contributed by atoms with Gasteiger partial charge in [0, 0.05) is 10.8 Å². The van der Waals surface area contributed by atoms with Gasteiger partial charge in [-0.2, -0.15) is 0 Å². The fourth-order valence-corrected chi connectivity index (χ4v) is 7.49. The fraction of sp³-hybridized carbons (Fsp3) is 0. The molecule has 1 aliphatic rings. The molecule has 0 bridgehead atoms. The average molecular weight is 545 g/mol. The first-order valence-corrected chi connectivity index (χ1v) is 14.8. The van der Waals surface area contributed by atoms with Crippen LogP contribution in [0.25, 0.3) is 98.8 Å². The summed E-state index contributed by atoms with van der Waals surface area (Å²) in [4.78, 5) is 0. The molecule has 0 saturated carbocycles. The van der Waals surface area contributed by atoms with Crippen molar-refractivity contribution in [2.75, 3.05) is 0 Å². The Labute approximate surface area is 248 Å². The lowest BCUT2D eigenvalue weighted by Gasteiger charge is -2.11. The average Bonchev–Trinajstić information content (AvgIpc) is 3.61. The van der Waals surface area contributed by atoms with Crippen LogP contribution in [0.15, 0.2) is 150 Å². The monoisotopic (exact) mass is 544 g/mol. The van der Waals surface area contributed by atoms with E-state index in [1.165, 1.54) is 76.8 Å². The summed E-state index contributed by atoms with van der Waals surface area (Å²) in [6.45, 7) is 0. The van der Waals surface area contributed by atoms with Crippen LogP contribution in [-0.2, 0) is 0 Å². The molecule has 0 fully saturated rings. The summed E-state index contributed by atoms with van der Waals surface area (Å²) < 4.78 is 6.45. The SMILES string of the molecule is c1cc2c3c(cccc3c1)-c1cc(-c3cccc4oc5ccc(-c6cc7ccccc7c7ccccc67)cc5c34)ccc1-2. The number of fused-ring (bicyclic) bond motifs is 9. The summed E-state index contributed by atoms with van der Waals surface area (Å²) in [5, 5.41) is 10.0. The number of benzene rings is 8. The Bertz CT molecular complexity index is 2610. The lowest BCUT2D eigenvalue weighted by Crippen LogP contribution is -1.85. The number of hydrogen-bond acceptors (Lipinski definition) is 1. The Morgan fingerprint density at radius 2 is 0.977 bits per heavy atom. The Kier molecular flexibility index (Phi) is 4.51. The van der Waals surface area contributed by atoms with Crippen molar-refractivity contribution in [1.82, 2.24) is 0 Å². The zero-order chi connectivity index (χ0) is 28.1. The van der Waals surface area contributed by atoms with E-state index in [-0.39, 0.29) is 0 Å². The predicted octanol–water partition coefficient (Wildman–Crippen LogP) is 12.0. The molecule has 198 valence electrons. The molecule has 0 saturated heterocycles. The minimum Gasteiger partial charge on any atom is -0.456 e. The third kappa shape index (κ3) is 3.17. The van der Waals surface area contributed by atoms with Crippen LogP contribution in [0.1, 0.15) is 0 Å². The molecule has 0 atom stereocenters. The van der Waals surface area contributed by atoms with Gasteiger partial charge in [-0.1, -0.05) is 115 Å². The molecular weight excluding hydrogens is 520 g/mol. The van der Waals surface area contributed by atoms with Gasteiger partial charge in [-0.05, 0) is 107 Å². The van der Waals surface area contributed by atoms with Crippen molar-refractivity contribution in [3.8, 4) is 44.5 Å². The quantitative estimate of drug-likeness (QED) is 0.197. The van der Waals surface area contributed by atoms with Crippen molar-refractivity contribution in [3.63, 3.8) is 0 Å². The molecule has 0 spiro atoms. The van der Waals surface area contributed by atoms with Crippen LogP contribution in [-0.4, -0.2) is 0 Å². The van der Waals surface area contributed by atoms with Crippen LogP contribution in [0.2, 0.25) is 0 Å². The first-order chi connectivity index (χ1) is 21.3. The predicted molar refractivity (Wildman–Crippen MR) is 182 cm³/mol. The second-order valence-corrected chi connectivity index (χ2v) is 11.7. The van der Waals surface area contributed by atoms with Crippen molar-refractivity contribution in [3.05, 3.63) is 146 Å². The number of furan rings is 1. The third-order valence-electron chi connectivity index (χ3n) is 9.39. The van der Waals surface area contributed by atoms with E-state index in [2.05, 4.69) is 146 Å². The van der Waals surface area contributed by atoms with Crippen LogP contribution in [0.5, 0.6) is 0 Å². The van der Waals surface area contributed by atoms with E-state index >= 15 is 0 Å². The third-order valence-corrected chi connectivity index (χ3v) is 9.39. The standard InChI is InChI=1S/C42H24O/c1-2-11-29-26(8-1)22-36(32-13-4-3-12-31(29)32)28-19-21-39-38(24-28)42-30(14-7-17-40(42)43-39)27-18-20-33-34-15-5-9-25-10-6-16-35(41(25)34)37(33)23-27/h1-24H. The van der Waals surface area contributed by atoms with Crippen molar-refractivity contribution < 1.29 is 4.42 Å². The molecule has 10 rings (SSSR count). The molecule has 0 N–H and O–H groups in total. The van der Waals surface area contributed by atoms with Gasteiger partial charge in [0.05, 0.1) is 0 Å². The van der Waals surface area contributed by atoms with Gasteiger partial charge in [0.15, 0.2) is 0 Å². The first kappa shape index (κ1) is 23.0. The lowest BCUT2D eigenvalue weighted by atomic mass is 9.91. The van der Waals surface area contributed by atoms with E-state index in [0.29, 0.717) is 0 Å². The molecule has 1 aliphatic carbocycles. The molecule has 1 heterocycles. The maximum Gasteiger partial charge on any atom is 0.136 e. The van der Waals surface area contributed by atoms with Gasteiger partial charge >= 0.3 is 0 Å². The van der Waals surface area contributed by atoms with E-state index < -0.39 is 0 Å². The van der Waals surface area contributed by atoms with Gasteiger partial charge < -0.3 is 4.42 Å². The van der Waals surface area contributed by atoms with Crippen molar-refractivity contribution in [2.45, 2.75) is 0 Å². The Balaban J connectivity index is 1.21. The van der Waals surface area contributed by atoms with Gasteiger partial charge in [-0.3, -0.25) is 0 Å². The Morgan fingerprint density at radius 1 is 0.302 bits per heavy atom. The minimum atomic E-state index is 0.912. The molecule has 9 aromatic rings. The zero-order valence-corrected chi connectivity index (χ0v) is 23.3. The molecule has 0 unspecified atom stereocenters. The summed E-state index contributed by atoms with van der Waals surface area (Å²) in [5.74, 6) is 0. The second-order valence-electron chi connectivity index (χ2n) is 11.7. The topological polar surface area (TPSA) is 13.1 Å². The Morgan fingerprint density at radius 3 is 1.86 bits per heavy atom. The van der Waals surface area contributed by atoms with Crippen LogP contribution >= 0.6 is 0 Å². The molecule has 0 aliphatic heterocycles. The van der Waals surface area contributed by atoms with Crippen molar-refractivity contribution in [1.29, 1.82) is 0 Å². The highest BCUT2D eigenvalue weighted by Crippen LogP contribution is 2.49. The smallest absolute Gasteiger partial charge is 0.136 e. The largest absolute Gasteiger partial charge is 0.456 e. The molecule has 1 aromatic heterocycles. The highest BCUT2D eigenvalue weighted by molar-refractivity contribution is 6.18. The summed E-state index contributed by atoms with van der Waals surface area (Å²) >= 11 is 0. The Hall–Kier alpha value is -5.66. The molecule has 43 heavy (non-hydrogen) atoms. The van der Waals surface area contributed by atoms with E-state index in [1.54, 1.807) is 0 Å². The van der Waals surface area contributed by atoms with Crippen molar-refractivity contribution in [2.24, 2.45) is 0 Å². The maximum atomic E-state index is 6.45. The molecule has 0 amide bonds. The van der Waals surface area contributed by atoms with Crippen LogP contribution < -0.4 is 0 Å². The number of rotatable bonds is 2. The second kappa shape index (κ2) is 8.44. The van der Waals surface area contributed by atoms with Crippen LogP contribution in [0.4, 0.5) is 0 Å². The van der Waals surface area contributed by atoms with Crippen LogP contribution in [0, 0.1) is 0 Å². The highest BCUT2D eigenvalue weighted by atomic mass is 16.3. The van der Waals surface area contributed by atoms with Gasteiger partial charge in [0.25, 0.3) is 0 Å². The van der Waals surface area contributed by atoms with E-state index in [9.17, 15) is 0 Å². The molecule has 1 nitrogen and oxygen atoms in total. The fourth-order valence-electron chi connectivity index (χ4n) is 7.49. The summed E-state index contributed by atoms with van der Waals surface area (Å²) in [5.41, 5.74) is 11.9. The molecule has 1 heteroatoms. The van der Waals surface area contributed by atoms with Crippen LogP contribution in [0.3, 0.4) is 0 Å². The van der Waals surface area contributed by atoms with Gasteiger partial charge in [0.2, 0.25) is 0 Å². The van der Waals surface area contributed by atoms with Gasteiger partial charge in [0.1, 0.15) is 11.2 Å². The number of hydrogen-bond donors (Lipinski definition) is 0.